The number of benzene rings is 1. The summed E-state index contributed by atoms with van der Waals surface area (Å²) in [7, 11) is -3.44. The second-order valence-corrected chi connectivity index (χ2v) is 5.62. The highest BCUT2D eigenvalue weighted by Gasteiger charge is 2.15. The van der Waals surface area contributed by atoms with Crippen LogP contribution in [0.15, 0.2) is 18.2 Å². The summed E-state index contributed by atoms with van der Waals surface area (Å²) in [6.07, 6.45) is 0.940. The second-order valence-electron chi connectivity index (χ2n) is 3.79. The lowest BCUT2D eigenvalue weighted by atomic mass is 10.1. The van der Waals surface area contributed by atoms with Gasteiger partial charge in [0.15, 0.2) is 0 Å². The largest absolute Gasteiger partial charge is 0.435 e. The van der Waals surface area contributed by atoms with Gasteiger partial charge in [0.25, 0.3) is 0 Å². The van der Waals surface area contributed by atoms with Crippen molar-refractivity contribution in [3.05, 3.63) is 29.6 Å². The van der Waals surface area contributed by atoms with Gasteiger partial charge in [-0.25, -0.2) is 17.5 Å². The van der Waals surface area contributed by atoms with Gasteiger partial charge in [0.05, 0.1) is 6.26 Å². The van der Waals surface area contributed by atoms with Crippen molar-refractivity contribution in [1.82, 2.24) is 4.72 Å². The normalized spacial score (nSPS) is 13.6. The smallest absolute Gasteiger partial charge is 0.387 e. The minimum Gasteiger partial charge on any atom is -0.435 e. The minimum absolute atomic E-state index is 0.00207. The lowest BCUT2D eigenvalue weighted by Gasteiger charge is -2.14. The van der Waals surface area contributed by atoms with Crippen molar-refractivity contribution >= 4 is 10.0 Å². The average Bonchev–Trinajstić information content (AvgIpc) is 2.24. The molecule has 9 heteroatoms. The summed E-state index contributed by atoms with van der Waals surface area (Å²) in [5, 5.41) is 0. The van der Waals surface area contributed by atoms with E-state index in [-0.39, 0.29) is 17.9 Å². The fourth-order valence-corrected chi connectivity index (χ4v) is 1.82. The van der Waals surface area contributed by atoms with Gasteiger partial charge in [-0.2, -0.15) is 8.78 Å². The molecule has 1 aromatic carbocycles. The molecule has 0 spiro atoms. The molecule has 0 saturated heterocycles. The zero-order valence-corrected chi connectivity index (χ0v) is 10.8. The number of sulfonamides is 1. The molecule has 0 bridgehead atoms. The van der Waals surface area contributed by atoms with Crippen LogP contribution in [-0.4, -0.2) is 27.8 Å². The average molecular weight is 298 g/mol. The Labute approximate surface area is 108 Å². The fraction of sp³-hybridized carbons (Fsp3) is 0.400. The molecule has 0 aliphatic rings. The Morgan fingerprint density at radius 3 is 2.53 bits per heavy atom. The van der Waals surface area contributed by atoms with Crippen LogP contribution in [0.1, 0.15) is 11.6 Å². The third-order valence-electron chi connectivity index (χ3n) is 2.16. The van der Waals surface area contributed by atoms with Crippen molar-refractivity contribution in [3.8, 4) is 5.75 Å². The Morgan fingerprint density at radius 1 is 1.42 bits per heavy atom. The zero-order valence-electron chi connectivity index (χ0n) is 9.94. The first kappa shape index (κ1) is 15.7. The molecular formula is C10H13F3N2O3S. The third kappa shape index (κ3) is 5.45. The van der Waals surface area contributed by atoms with Crippen molar-refractivity contribution in [2.45, 2.75) is 12.7 Å². The SMILES string of the molecule is CS(=O)(=O)NCC(N)c1ccc(OC(F)F)cc1F. The molecule has 0 radical (unpaired) electrons. The molecule has 108 valence electrons. The van der Waals surface area contributed by atoms with Crippen LogP contribution < -0.4 is 15.2 Å². The number of halogens is 3. The van der Waals surface area contributed by atoms with Crippen LogP contribution in [0.25, 0.3) is 0 Å². The van der Waals surface area contributed by atoms with Gasteiger partial charge in [0.2, 0.25) is 10.0 Å². The van der Waals surface area contributed by atoms with Gasteiger partial charge >= 0.3 is 6.61 Å². The van der Waals surface area contributed by atoms with Gasteiger partial charge in [-0.15, -0.1) is 0 Å². The molecule has 1 atom stereocenters. The number of nitrogens with two attached hydrogens (primary N) is 1. The van der Waals surface area contributed by atoms with E-state index in [1.165, 1.54) is 6.07 Å². The first-order chi connectivity index (χ1) is 8.69. The molecule has 0 saturated carbocycles. The number of hydrogen-bond acceptors (Lipinski definition) is 4. The van der Waals surface area contributed by atoms with Crippen molar-refractivity contribution in [3.63, 3.8) is 0 Å². The molecular weight excluding hydrogens is 285 g/mol. The summed E-state index contributed by atoms with van der Waals surface area (Å²) in [5.74, 6) is -1.18. The summed E-state index contributed by atoms with van der Waals surface area (Å²) in [5.41, 5.74) is 5.60. The van der Waals surface area contributed by atoms with Crippen molar-refractivity contribution in [2.75, 3.05) is 12.8 Å². The van der Waals surface area contributed by atoms with E-state index in [4.69, 9.17) is 5.73 Å². The van der Waals surface area contributed by atoms with Crippen molar-refractivity contribution < 1.29 is 26.3 Å². The van der Waals surface area contributed by atoms with E-state index in [0.29, 0.717) is 0 Å². The Hall–Kier alpha value is -1.32. The molecule has 3 N–H and O–H groups in total. The number of hydrogen-bond donors (Lipinski definition) is 2. The summed E-state index contributed by atoms with van der Waals surface area (Å²) in [6.45, 7) is -3.25. The van der Waals surface area contributed by atoms with Crippen LogP contribution in [0.2, 0.25) is 0 Å². The van der Waals surface area contributed by atoms with Gasteiger partial charge in [-0.1, -0.05) is 6.07 Å². The van der Waals surface area contributed by atoms with Gasteiger partial charge in [0, 0.05) is 24.2 Å². The second kappa shape index (κ2) is 6.22. The molecule has 0 aliphatic heterocycles. The van der Waals surface area contributed by atoms with E-state index < -0.39 is 28.5 Å². The summed E-state index contributed by atoms with van der Waals surface area (Å²) < 4.78 is 65.3. The Bertz CT molecular complexity index is 537. The Kier molecular flexibility index (Phi) is 5.15. The van der Waals surface area contributed by atoms with Crippen molar-refractivity contribution in [1.29, 1.82) is 0 Å². The highest BCUT2D eigenvalue weighted by molar-refractivity contribution is 7.88. The maximum atomic E-state index is 13.6. The lowest BCUT2D eigenvalue weighted by Crippen LogP contribution is -2.31. The lowest BCUT2D eigenvalue weighted by molar-refractivity contribution is -0.0500. The van der Waals surface area contributed by atoms with Crippen LogP contribution >= 0.6 is 0 Å². The molecule has 1 unspecified atom stereocenters. The van der Waals surface area contributed by atoms with Crippen LogP contribution in [0, 0.1) is 5.82 Å². The third-order valence-corrected chi connectivity index (χ3v) is 2.85. The Balaban J connectivity index is 2.78. The number of nitrogens with one attached hydrogen (secondary N) is 1. The molecule has 0 amide bonds. The van der Waals surface area contributed by atoms with E-state index >= 15 is 0 Å². The molecule has 1 aromatic rings. The Morgan fingerprint density at radius 2 is 2.05 bits per heavy atom. The van der Waals surface area contributed by atoms with Gasteiger partial charge < -0.3 is 10.5 Å². The van der Waals surface area contributed by atoms with Crippen LogP contribution in [-0.2, 0) is 10.0 Å². The summed E-state index contributed by atoms with van der Waals surface area (Å²) in [4.78, 5) is 0. The predicted molar refractivity (Wildman–Crippen MR) is 62.8 cm³/mol. The minimum atomic E-state index is -3.44. The van der Waals surface area contributed by atoms with E-state index in [9.17, 15) is 21.6 Å². The van der Waals surface area contributed by atoms with E-state index in [2.05, 4.69) is 9.46 Å². The number of alkyl halides is 2. The fourth-order valence-electron chi connectivity index (χ4n) is 1.34. The van der Waals surface area contributed by atoms with Gasteiger partial charge in [0.1, 0.15) is 11.6 Å². The molecule has 5 nitrogen and oxygen atoms in total. The summed E-state index contributed by atoms with van der Waals surface area (Å²) >= 11 is 0. The maximum Gasteiger partial charge on any atom is 0.387 e. The first-order valence-electron chi connectivity index (χ1n) is 5.13. The molecule has 0 aliphatic carbocycles. The van der Waals surface area contributed by atoms with E-state index in [0.717, 1.165) is 18.4 Å². The van der Waals surface area contributed by atoms with Crippen LogP contribution in [0.3, 0.4) is 0 Å². The number of rotatable bonds is 6. The topological polar surface area (TPSA) is 81.4 Å². The van der Waals surface area contributed by atoms with Crippen molar-refractivity contribution in [2.24, 2.45) is 5.73 Å². The number of ether oxygens (including phenoxy) is 1. The van der Waals surface area contributed by atoms with Crippen LogP contribution in [0.5, 0.6) is 5.75 Å². The summed E-state index contributed by atoms with van der Waals surface area (Å²) in [6, 6.07) is 2.13. The first-order valence-corrected chi connectivity index (χ1v) is 7.02. The van der Waals surface area contributed by atoms with E-state index in [1.807, 2.05) is 0 Å². The van der Waals surface area contributed by atoms with Gasteiger partial charge in [-0.3, -0.25) is 0 Å². The maximum absolute atomic E-state index is 13.6. The highest BCUT2D eigenvalue weighted by Crippen LogP contribution is 2.22. The monoisotopic (exact) mass is 298 g/mol. The van der Waals surface area contributed by atoms with Crippen LogP contribution in [0.4, 0.5) is 13.2 Å². The molecule has 19 heavy (non-hydrogen) atoms. The standard InChI is InChI=1S/C10H13F3N2O3S/c1-19(16,17)15-5-9(14)7-3-2-6(4-8(7)11)18-10(12)13/h2-4,9-10,15H,5,14H2,1H3. The van der Waals surface area contributed by atoms with Gasteiger partial charge in [-0.05, 0) is 6.07 Å². The van der Waals surface area contributed by atoms with E-state index in [1.54, 1.807) is 0 Å². The molecule has 1 rings (SSSR count). The highest BCUT2D eigenvalue weighted by atomic mass is 32.2. The molecule has 0 fully saturated rings. The predicted octanol–water partition coefficient (Wildman–Crippen LogP) is 0.976. The quantitative estimate of drug-likeness (QED) is 0.820. The molecule has 0 heterocycles. The zero-order chi connectivity index (χ0) is 14.6. The molecule has 0 aromatic heterocycles.